The minimum atomic E-state index is -0.557. The number of phenolic OH excluding ortho intramolecular Hbond substituents is 4. The molecule has 0 spiro atoms. The van der Waals surface area contributed by atoms with E-state index in [4.69, 9.17) is 0 Å². The maximum atomic E-state index is 12.3. The van der Waals surface area contributed by atoms with Gasteiger partial charge in [-0.05, 0) is 83.7 Å². The van der Waals surface area contributed by atoms with Gasteiger partial charge in [0.1, 0.15) is 44.9 Å². The Kier molecular flexibility index (Phi) is 9.33. The fraction of sp³-hybridized carbons (Fsp3) is 0. The number of aromatic hydroxyl groups is 4. The molecule has 10 aromatic carbocycles. The van der Waals surface area contributed by atoms with Crippen LogP contribution in [0.15, 0.2) is 158 Å². The van der Waals surface area contributed by atoms with E-state index in [0.717, 1.165) is 87.3 Å². The molecule has 0 aromatic heterocycles. The second-order valence-corrected chi connectivity index (χ2v) is 16.4. The summed E-state index contributed by atoms with van der Waals surface area (Å²) in [6.07, 6.45) is 0. The lowest BCUT2D eigenvalue weighted by atomic mass is 9.59. The van der Waals surface area contributed by atoms with Crippen LogP contribution >= 0.6 is 0 Å². The zero-order valence-electron chi connectivity index (χ0n) is 35.2. The van der Waals surface area contributed by atoms with Crippen molar-refractivity contribution >= 4 is 127 Å². The van der Waals surface area contributed by atoms with E-state index < -0.39 is 23.0 Å². The Morgan fingerprint density at radius 2 is 0.726 bits per heavy atom. The Labute approximate surface area is 364 Å². The van der Waals surface area contributed by atoms with E-state index in [1.807, 2.05) is 99.9 Å². The molecular weight excluding hydrogens is 757 g/mol. The molecule has 0 aliphatic carbocycles. The highest BCUT2D eigenvalue weighted by Gasteiger charge is 2.32. The molecule has 4 N–H and O–H groups in total. The fourth-order valence-electron chi connectivity index (χ4n) is 9.74. The summed E-state index contributed by atoms with van der Waals surface area (Å²) in [5, 5.41) is 57.4. The van der Waals surface area contributed by atoms with E-state index in [1.54, 1.807) is 4.90 Å². The van der Waals surface area contributed by atoms with E-state index in [1.165, 1.54) is 5.39 Å². The van der Waals surface area contributed by atoms with E-state index in [2.05, 4.69) is 97.1 Å². The number of nitrogens with zero attached hydrogens (tertiary/aromatic N) is 1. The highest BCUT2D eigenvalue weighted by atomic mass is 16.3. The van der Waals surface area contributed by atoms with Crippen LogP contribution in [0.4, 0.5) is 17.1 Å². The average molecular weight is 797 g/mol. The topological polar surface area (TPSA) is 84.2 Å². The second kappa shape index (κ2) is 14.9. The first-order valence-corrected chi connectivity index (χ1v) is 20.9. The zero-order valence-corrected chi connectivity index (χ0v) is 35.2. The summed E-state index contributed by atoms with van der Waals surface area (Å²) in [6, 6.07) is 53.7. The first-order chi connectivity index (χ1) is 30.1. The van der Waals surface area contributed by atoms with Crippen LogP contribution in [0.1, 0.15) is 0 Å². The van der Waals surface area contributed by atoms with Crippen molar-refractivity contribution in [1.29, 1.82) is 0 Å². The van der Waals surface area contributed by atoms with Gasteiger partial charge in [0.15, 0.2) is 23.0 Å². The van der Waals surface area contributed by atoms with E-state index in [9.17, 15) is 20.4 Å². The van der Waals surface area contributed by atoms with Gasteiger partial charge in [-0.15, -0.1) is 16.4 Å². The van der Waals surface area contributed by atoms with Gasteiger partial charge in [0.25, 0.3) is 0 Å². The minimum absolute atomic E-state index is 0.0137. The average Bonchev–Trinajstić information content (AvgIpc) is 3.32. The normalized spacial score (nSPS) is 11.5. The molecule has 10 heteroatoms. The molecule has 10 rings (SSSR count). The number of rotatable bonds is 6. The highest BCUT2D eigenvalue weighted by molar-refractivity contribution is 6.68. The molecule has 0 aliphatic heterocycles. The summed E-state index contributed by atoms with van der Waals surface area (Å²) in [7, 11) is 9.92. The van der Waals surface area contributed by atoms with E-state index >= 15 is 0 Å². The lowest BCUT2D eigenvalue weighted by molar-refractivity contribution is 0.377. The molecular formula is C52H40B5NO4. The lowest BCUT2D eigenvalue weighted by Crippen LogP contribution is -2.55. The third kappa shape index (κ3) is 5.85. The monoisotopic (exact) mass is 797 g/mol. The second-order valence-electron chi connectivity index (χ2n) is 16.4. The van der Waals surface area contributed by atoms with Gasteiger partial charge in [-0.2, -0.15) is 0 Å². The predicted octanol–water partition coefficient (Wildman–Crippen LogP) is 4.88. The molecule has 0 saturated carbocycles. The minimum Gasteiger partial charge on any atom is -0.504 e. The molecule has 5 nitrogen and oxygen atoms in total. The molecule has 0 amide bonds. The predicted molar refractivity (Wildman–Crippen MR) is 275 cm³/mol. The van der Waals surface area contributed by atoms with Crippen molar-refractivity contribution in [2.45, 2.75) is 0 Å². The summed E-state index contributed by atoms with van der Waals surface area (Å²) >= 11 is 0. The van der Waals surface area contributed by atoms with Crippen LogP contribution in [0.5, 0.6) is 23.0 Å². The summed E-state index contributed by atoms with van der Waals surface area (Å²) in [5.41, 5.74) is 10.7. The van der Waals surface area contributed by atoms with Crippen molar-refractivity contribution in [2.75, 3.05) is 4.90 Å². The van der Waals surface area contributed by atoms with Crippen LogP contribution in [0.3, 0.4) is 0 Å². The molecule has 0 aliphatic rings. The van der Waals surface area contributed by atoms with Crippen LogP contribution in [-0.2, 0) is 0 Å². The van der Waals surface area contributed by atoms with Gasteiger partial charge in [-0.1, -0.05) is 150 Å². The van der Waals surface area contributed by atoms with Crippen LogP contribution in [-0.4, -0.2) is 59.7 Å². The van der Waals surface area contributed by atoms with Gasteiger partial charge in [0, 0.05) is 11.1 Å². The Morgan fingerprint density at radius 1 is 0.323 bits per heavy atom. The SMILES string of the molecule is Bc1c(B)c(B)c(-c2c(O)c(O)c(N(c3ccc(-c4c(-c5ccccc5)c5ccccc5c5ccccc45)cc3)c3cc4ccccc4c4ccccc34)c(O)c2O)c(B)c1B. The maximum absolute atomic E-state index is 12.3. The molecule has 0 bridgehead atoms. The van der Waals surface area contributed by atoms with Crippen molar-refractivity contribution in [3.8, 4) is 56.4 Å². The van der Waals surface area contributed by atoms with Crippen LogP contribution < -0.4 is 32.2 Å². The number of phenols is 4. The summed E-state index contributed by atoms with van der Waals surface area (Å²) in [6.45, 7) is 0. The van der Waals surface area contributed by atoms with Crippen molar-refractivity contribution in [1.82, 2.24) is 0 Å². The molecule has 10 aromatic rings. The first kappa shape index (κ1) is 38.7. The molecule has 0 fully saturated rings. The van der Waals surface area contributed by atoms with Gasteiger partial charge >= 0.3 is 0 Å². The number of anilines is 3. The Hall–Kier alpha value is -7.44. The van der Waals surface area contributed by atoms with Crippen molar-refractivity contribution in [3.05, 3.63) is 158 Å². The van der Waals surface area contributed by atoms with E-state index in [-0.39, 0.29) is 11.3 Å². The molecule has 0 heterocycles. The molecule has 0 saturated heterocycles. The van der Waals surface area contributed by atoms with Crippen LogP contribution in [0, 0.1) is 0 Å². The van der Waals surface area contributed by atoms with Crippen molar-refractivity contribution in [3.63, 3.8) is 0 Å². The quantitative estimate of drug-likeness (QED) is 0.0836. The molecule has 62 heavy (non-hydrogen) atoms. The molecule has 0 unspecified atom stereocenters. The molecule has 0 atom stereocenters. The van der Waals surface area contributed by atoms with Gasteiger partial charge < -0.3 is 25.3 Å². The smallest absolute Gasteiger partial charge is 0.186 e. The van der Waals surface area contributed by atoms with Crippen LogP contribution in [0.2, 0.25) is 0 Å². The first-order valence-electron chi connectivity index (χ1n) is 20.9. The van der Waals surface area contributed by atoms with Gasteiger partial charge in [-0.3, -0.25) is 0 Å². The lowest BCUT2D eigenvalue weighted by Gasteiger charge is -2.30. The standard InChI is InChI=1S/C52H40B5NO4/c53-43-41(44(54)46(56)47(57)45(43)55)42-49(59)51(61)48(52(62)50(42)60)58(38-26-29-14-4-5-15-31(29)32-16-6-9-19-35(32)38)30-24-22-28(23-25-30)40-37-21-11-8-18-34(37)33-17-7-10-20-36(33)39(40)27-12-2-1-3-13-27/h1-26,59-62H,53-57H2. The summed E-state index contributed by atoms with van der Waals surface area (Å²) < 4.78 is 0. The largest absolute Gasteiger partial charge is 0.504 e. The number of hydrogen-bond donors (Lipinski definition) is 4. The third-order valence-corrected chi connectivity index (χ3v) is 13.2. The van der Waals surface area contributed by atoms with Crippen molar-refractivity contribution < 1.29 is 20.4 Å². The number of benzene rings is 10. The Bertz CT molecular complexity index is 3410. The number of fused-ring (bicyclic) bond motifs is 6. The maximum Gasteiger partial charge on any atom is 0.186 e. The van der Waals surface area contributed by atoms with Gasteiger partial charge in [0.05, 0.1) is 11.3 Å². The fourth-order valence-corrected chi connectivity index (χ4v) is 9.74. The molecule has 292 valence electrons. The Balaban J connectivity index is 1.26. The van der Waals surface area contributed by atoms with E-state index in [0.29, 0.717) is 16.9 Å². The highest BCUT2D eigenvalue weighted by Crippen LogP contribution is 2.58. The third-order valence-electron chi connectivity index (χ3n) is 13.2. The zero-order chi connectivity index (χ0) is 43.0. The van der Waals surface area contributed by atoms with Crippen LogP contribution in [0.25, 0.3) is 76.5 Å². The summed E-state index contributed by atoms with van der Waals surface area (Å²) in [4.78, 5) is 1.74. The molecule has 0 radical (unpaired) electrons. The summed E-state index contributed by atoms with van der Waals surface area (Å²) in [5.74, 6) is -2.16. The number of hydrogen-bond acceptors (Lipinski definition) is 5. The Morgan fingerprint density at radius 3 is 1.26 bits per heavy atom. The van der Waals surface area contributed by atoms with Crippen molar-refractivity contribution in [2.24, 2.45) is 0 Å². The van der Waals surface area contributed by atoms with Gasteiger partial charge in [-0.25, -0.2) is 0 Å². The van der Waals surface area contributed by atoms with Gasteiger partial charge in [0.2, 0.25) is 0 Å².